The van der Waals surface area contributed by atoms with Crippen molar-refractivity contribution in [2.75, 3.05) is 11.4 Å². The molecule has 3 aromatic carbocycles. The first-order valence-corrected chi connectivity index (χ1v) is 12.3. The van der Waals surface area contributed by atoms with E-state index >= 15 is 0 Å². The van der Waals surface area contributed by atoms with Gasteiger partial charge in [0.05, 0.1) is 16.7 Å². The fourth-order valence-corrected chi connectivity index (χ4v) is 4.57. The second-order valence-corrected chi connectivity index (χ2v) is 9.25. The van der Waals surface area contributed by atoms with E-state index in [-0.39, 0.29) is 6.61 Å². The predicted molar refractivity (Wildman–Crippen MR) is 140 cm³/mol. The summed E-state index contributed by atoms with van der Waals surface area (Å²) in [4.78, 5) is 25.9. The molecule has 188 valence electrons. The Bertz CT molecular complexity index is 1400. The van der Waals surface area contributed by atoms with Gasteiger partial charge in [0.2, 0.25) is 0 Å². The van der Waals surface area contributed by atoms with Gasteiger partial charge in [0.1, 0.15) is 6.61 Å². The highest BCUT2D eigenvalue weighted by atomic mass is 16.6. The third kappa shape index (κ3) is 4.72. The number of aromatic nitrogens is 1. The molecule has 1 N–H and O–H groups in total. The van der Waals surface area contributed by atoms with Crippen LogP contribution in [0.5, 0.6) is 0 Å². The molecule has 1 aliphatic carbocycles. The number of carboxylic acid groups (broad SMARTS) is 1. The second-order valence-electron chi connectivity index (χ2n) is 9.25. The van der Waals surface area contributed by atoms with Crippen LogP contribution in [0.1, 0.15) is 36.6 Å². The van der Waals surface area contributed by atoms with Crippen LogP contribution in [0.2, 0.25) is 0 Å². The largest absolute Gasteiger partial charge is 0.481 e. The van der Waals surface area contributed by atoms with E-state index in [1.807, 2.05) is 92.7 Å². The summed E-state index contributed by atoms with van der Waals surface area (Å²) in [6.07, 6.45) is 0.940. The number of anilines is 1. The van der Waals surface area contributed by atoms with E-state index in [2.05, 4.69) is 5.16 Å². The lowest BCUT2D eigenvalue weighted by Gasteiger charge is -2.20. The van der Waals surface area contributed by atoms with Crippen molar-refractivity contribution < 1.29 is 24.0 Å². The maximum atomic E-state index is 12.8. The summed E-state index contributed by atoms with van der Waals surface area (Å²) < 4.78 is 11.2. The molecule has 0 atom stereocenters. The molecule has 0 bridgehead atoms. The first-order chi connectivity index (χ1) is 17.9. The van der Waals surface area contributed by atoms with Crippen LogP contribution >= 0.6 is 0 Å². The van der Waals surface area contributed by atoms with Gasteiger partial charge in [-0.1, -0.05) is 71.9 Å². The first-order valence-electron chi connectivity index (χ1n) is 12.3. The third-order valence-corrected chi connectivity index (χ3v) is 7.01. The Labute approximate surface area is 215 Å². The van der Waals surface area contributed by atoms with E-state index in [1.165, 1.54) is 0 Å². The molecule has 1 heterocycles. The van der Waals surface area contributed by atoms with E-state index in [0.717, 1.165) is 33.5 Å². The third-order valence-electron chi connectivity index (χ3n) is 7.01. The van der Waals surface area contributed by atoms with Gasteiger partial charge in [-0.05, 0) is 55.5 Å². The van der Waals surface area contributed by atoms with Gasteiger partial charge in [-0.2, -0.15) is 0 Å². The Balaban J connectivity index is 1.30. The number of benzene rings is 3. The maximum Gasteiger partial charge on any atom is 0.414 e. The van der Waals surface area contributed by atoms with Crippen molar-refractivity contribution in [3.05, 3.63) is 95.7 Å². The number of amides is 1. The fraction of sp³-hybridized carbons (Fsp3) is 0.233. The van der Waals surface area contributed by atoms with Gasteiger partial charge in [0.15, 0.2) is 5.76 Å². The number of carbonyl (C=O) groups is 2. The van der Waals surface area contributed by atoms with Gasteiger partial charge >= 0.3 is 12.1 Å². The molecular formula is C30H28N2O5. The van der Waals surface area contributed by atoms with E-state index in [9.17, 15) is 14.7 Å². The lowest BCUT2D eigenvalue weighted by Crippen LogP contribution is -2.31. The molecule has 0 radical (unpaired) electrons. The summed E-state index contributed by atoms with van der Waals surface area (Å²) in [6, 6.07) is 25.0. The SMILES string of the molecule is CCN(C(=O)OCc1c(C)noc1-c1ccc(-c2ccc(C3(C(=O)O)CC3)cc2)cc1)c1ccccc1. The molecule has 1 aromatic heterocycles. The minimum Gasteiger partial charge on any atom is -0.481 e. The first kappa shape index (κ1) is 24.3. The molecule has 1 saturated carbocycles. The van der Waals surface area contributed by atoms with Crippen LogP contribution in [-0.2, 0) is 21.6 Å². The summed E-state index contributed by atoms with van der Waals surface area (Å²) in [5.41, 5.74) is 5.13. The number of hydrogen-bond acceptors (Lipinski definition) is 5. The van der Waals surface area contributed by atoms with E-state index in [4.69, 9.17) is 9.26 Å². The van der Waals surface area contributed by atoms with Gasteiger partial charge < -0.3 is 14.4 Å². The summed E-state index contributed by atoms with van der Waals surface area (Å²) >= 11 is 0. The summed E-state index contributed by atoms with van der Waals surface area (Å²) in [7, 11) is 0. The van der Waals surface area contributed by atoms with Gasteiger partial charge in [0, 0.05) is 17.8 Å². The number of nitrogens with zero attached hydrogens (tertiary/aromatic N) is 2. The lowest BCUT2D eigenvalue weighted by atomic mass is 9.93. The van der Waals surface area contributed by atoms with Gasteiger partial charge in [-0.15, -0.1) is 0 Å². The highest BCUT2D eigenvalue weighted by molar-refractivity contribution is 5.87. The Hall–Kier alpha value is -4.39. The molecule has 0 saturated heterocycles. The van der Waals surface area contributed by atoms with Crippen LogP contribution in [0.25, 0.3) is 22.5 Å². The van der Waals surface area contributed by atoms with Gasteiger partial charge in [0.25, 0.3) is 0 Å². The number of rotatable bonds is 8. The number of ether oxygens (including phenoxy) is 1. The van der Waals surface area contributed by atoms with Crippen LogP contribution in [0.15, 0.2) is 83.4 Å². The Morgan fingerprint density at radius 3 is 2.11 bits per heavy atom. The topological polar surface area (TPSA) is 92.9 Å². The lowest BCUT2D eigenvalue weighted by molar-refractivity contribution is -0.140. The summed E-state index contributed by atoms with van der Waals surface area (Å²) in [6.45, 7) is 4.25. The molecule has 7 nitrogen and oxygen atoms in total. The number of carbonyl (C=O) groups excluding carboxylic acids is 1. The molecular weight excluding hydrogens is 468 g/mol. The smallest absolute Gasteiger partial charge is 0.414 e. The average Bonchev–Trinajstić information content (AvgIpc) is 3.67. The van der Waals surface area contributed by atoms with Gasteiger partial charge in [-0.3, -0.25) is 9.69 Å². The Kier molecular flexibility index (Phi) is 6.53. The minimum atomic E-state index is -0.754. The van der Waals surface area contributed by atoms with Crippen LogP contribution < -0.4 is 4.90 Å². The normalized spacial score (nSPS) is 13.7. The van der Waals surface area contributed by atoms with Crippen molar-refractivity contribution in [3.63, 3.8) is 0 Å². The zero-order chi connectivity index (χ0) is 26.0. The molecule has 1 aliphatic rings. The molecule has 1 fully saturated rings. The molecule has 0 unspecified atom stereocenters. The molecule has 37 heavy (non-hydrogen) atoms. The van der Waals surface area contributed by atoms with E-state index in [0.29, 0.717) is 30.8 Å². The van der Waals surface area contributed by atoms with Crippen LogP contribution in [-0.4, -0.2) is 28.9 Å². The highest BCUT2D eigenvalue weighted by Crippen LogP contribution is 2.48. The predicted octanol–water partition coefficient (Wildman–Crippen LogP) is 6.60. The van der Waals surface area contributed by atoms with Crippen molar-refractivity contribution in [1.29, 1.82) is 0 Å². The molecule has 5 rings (SSSR count). The van der Waals surface area contributed by atoms with Crippen molar-refractivity contribution in [2.24, 2.45) is 0 Å². The number of para-hydroxylation sites is 1. The van der Waals surface area contributed by atoms with Crippen LogP contribution in [0.4, 0.5) is 10.5 Å². The fourth-order valence-electron chi connectivity index (χ4n) is 4.57. The molecule has 4 aromatic rings. The van der Waals surface area contributed by atoms with Crippen molar-refractivity contribution in [1.82, 2.24) is 5.16 Å². The number of carboxylic acids is 1. The van der Waals surface area contributed by atoms with Crippen LogP contribution in [0, 0.1) is 6.92 Å². The van der Waals surface area contributed by atoms with E-state index < -0.39 is 17.5 Å². The monoisotopic (exact) mass is 496 g/mol. The molecule has 0 aliphatic heterocycles. The Morgan fingerprint density at radius 1 is 0.946 bits per heavy atom. The number of hydrogen-bond donors (Lipinski definition) is 1. The number of aryl methyl sites for hydroxylation is 1. The van der Waals surface area contributed by atoms with Crippen molar-refractivity contribution >= 4 is 17.7 Å². The maximum absolute atomic E-state index is 12.8. The zero-order valence-corrected chi connectivity index (χ0v) is 20.8. The standard InChI is InChI=1S/C30H28N2O5/c1-3-32(25-7-5-4-6-8-25)29(35)36-19-26-20(2)31-37-27(26)23-11-9-21(10-12-23)22-13-15-24(16-14-22)30(17-18-30)28(33)34/h4-16H,3,17-19H2,1-2H3,(H,33,34). The van der Waals surface area contributed by atoms with E-state index in [1.54, 1.807) is 4.90 Å². The minimum absolute atomic E-state index is 0.0430. The highest BCUT2D eigenvalue weighted by Gasteiger charge is 2.51. The molecule has 0 spiro atoms. The van der Waals surface area contributed by atoms with Gasteiger partial charge in [-0.25, -0.2) is 4.79 Å². The van der Waals surface area contributed by atoms with Crippen LogP contribution in [0.3, 0.4) is 0 Å². The van der Waals surface area contributed by atoms with Crippen molar-refractivity contribution in [2.45, 2.75) is 38.7 Å². The second kappa shape index (κ2) is 9.93. The zero-order valence-electron chi connectivity index (χ0n) is 20.8. The average molecular weight is 497 g/mol. The molecule has 1 amide bonds. The summed E-state index contributed by atoms with van der Waals surface area (Å²) in [5.74, 6) is -0.192. The molecule has 7 heteroatoms. The van der Waals surface area contributed by atoms with Crippen molar-refractivity contribution in [3.8, 4) is 22.5 Å². The Morgan fingerprint density at radius 2 is 1.54 bits per heavy atom. The summed E-state index contributed by atoms with van der Waals surface area (Å²) in [5, 5.41) is 13.6. The number of aliphatic carboxylic acids is 1. The quantitative estimate of drug-likeness (QED) is 0.296.